The molecule has 0 aromatic rings. The van der Waals surface area contributed by atoms with Crippen LogP contribution in [0, 0.1) is 5.41 Å². The standard InChI is InChI=1S/C15H27ClFN3O2/c1-15(4-6-18-7-5-15)14(16)19-22-11-13(21)10-20-8-2-12(17)3-9-20/h12-13,18,21H,2-11H2,1H3/b19-14-. The molecule has 2 aliphatic rings. The Kier molecular flexibility index (Phi) is 6.87. The fourth-order valence-corrected chi connectivity index (χ4v) is 3.15. The summed E-state index contributed by atoms with van der Waals surface area (Å²) in [7, 11) is 0. The molecule has 0 aromatic carbocycles. The summed E-state index contributed by atoms with van der Waals surface area (Å²) in [5.74, 6) is 0. The second kappa shape index (κ2) is 8.43. The molecule has 2 rings (SSSR count). The lowest BCUT2D eigenvalue weighted by molar-refractivity contribution is 0.0104. The van der Waals surface area contributed by atoms with Crippen LogP contribution >= 0.6 is 11.6 Å². The molecule has 128 valence electrons. The molecule has 2 heterocycles. The number of piperidine rings is 2. The second-order valence-corrected chi connectivity index (χ2v) is 6.98. The van der Waals surface area contributed by atoms with Crippen LogP contribution in [0.2, 0.25) is 0 Å². The van der Waals surface area contributed by atoms with Crippen molar-refractivity contribution < 1.29 is 14.3 Å². The molecule has 5 nitrogen and oxygen atoms in total. The van der Waals surface area contributed by atoms with Crippen molar-refractivity contribution in [1.82, 2.24) is 10.2 Å². The van der Waals surface area contributed by atoms with Crippen molar-refractivity contribution in [3.8, 4) is 0 Å². The number of rotatable bonds is 6. The minimum Gasteiger partial charge on any atom is -0.392 e. The number of alkyl halides is 1. The number of likely N-dealkylation sites (tertiary alicyclic amines) is 1. The van der Waals surface area contributed by atoms with Gasteiger partial charge in [0.05, 0.1) is 0 Å². The molecule has 2 aliphatic heterocycles. The van der Waals surface area contributed by atoms with Gasteiger partial charge in [0.15, 0.2) is 5.17 Å². The summed E-state index contributed by atoms with van der Waals surface area (Å²) in [5, 5.41) is 17.7. The fraction of sp³-hybridized carbons (Fsp3) is 0.933. The zero-order valence-electron chi connectivity index (χ0n) is 13.2. The van der Waals surface area contributed by atoms with E-state index >= 15 is 0 Å². The summed E-state index contributed by atoms with van der Waals surface area (Å²) in [6, 6.07) is 0. The molecule has 2 fully saturated rings. The van der Waals surface area contributed by atoms with Crippen molar-refractivity contribution in [3.63, 3.8) is 0 Å². The second-order valence-electron chi connectivity index (χ2n) is 6.62. The number of aliphatic hydroxyl groups is 1. The molecule has 0 aliphatic carbocycles. The average molecular weight is 336 g/mol. The zero-order valence-corrected chi connectivity index (χ0v) is 14.0. The zero-order chi connectivity index (χ0) is 16.0. The maximum atomic E-state index is 13.0. The van der Waals surface area contributed by atoms with E-state index in [1.165, 1.54) is 0 Å². The summed E-state index contributed by atoms with van der Waals surface area (Å²) >= 11 is 6.26. The number of hydrogen-bond donors (Lipinski definition) is 2. The Bertz CT molecular complexity index is 370. The number of oxime groups is 1. The highest BCUT2D eigenvalue weighted by Crippen LogP contribution is 2.31. The average Bonchev–Trinajstić information content (AvgIpc) is 2.50. The van der Waals surface area contributed by atoms with E-state index in [2.05, 4.69) is 22.3 Å². The van der Waals surface area contributed by atoms with Gasteiger partial charge in [0.2, 0.25) is 0 Å². The van der Waals surface area contributed by atoms with E-state index in [1.807, 2.05) is 0 Å². The molecule has 0 aromatic heterocycles. The van der Waals surface area contributed by atoms with Crippen LogP contribution in [0.15, 0.2) is 5.16 Å². The molecule has 0 radical (unpaired) electrons. The number of nitrogens with one attached hydrogen (secondary N) is 1. The van der Waals surface area contributed by atoms with Crippen molar-refractivity contribution in [3.05, 3.63) is 0 Å². The molecular weight excluding hydrogens is 309 g/mol. The summed E-state index contributed by atoms with van der Waals surface area (Å²) in [6.45, 7) is 5.91. The quantitative estimate of drug-likeness (QED) is 0.573. The summed E-state index contributed by atoms with van der Waals surface area (Å²) in [6.07, 6.45) is 1.62. The third-order valence-corrected chi connectivity index (χ3v) is 5.13. The van der Waals surface area contributed by atoms with E-state index in [-0.39, 0.29) is 12.0 Å². The van der Waals surface area contributed by atoms with Gasteiger partial charge in [0.1, 0.15) is 18.9 Å². The smallest absolute Gasteiger partial charge is 0.151 e. The van der Waals surface area contributed by atoms with Gasteiger partial charge in [-0.3, -0.25) is 0 Å². The highest BCUT2D eigenvalue weighted by molar-refractivity contribution is 6.66. The van der Waals surface area contributed by atoms with Gasteiger partial charge in [-0.2, -0.15) is 0 Å². The predicted molar refractivity (Wildman–Crippen MR) is 86.0 cm³/mol. The largest absolute Gasteiger partial charge is 0.392 e. The van der Waals surface area contributed by atoms with Gasteiger partial charge in [-0.05, 0) is 38.8 Å². The van der Waals surface area contributed by atoms with Gasteiger partial charge in [0.25, 0.3) is 0 Å². The molecule has 2 saturated heterocycles. The molecule has 1 unspecified atom stereocenters. The van der Waals surface area contributed by atoms with E-state index in [0.717, 1.165) is 25.9 Å². The maximum Gasteiger partial charge on any atom is 0.151 e. The van der Waals surface area contributed by atoms with Crippen molar-refractivity contribution in [2.75, 3.05) is 39.3 Å². The molecule has 0 bridgehead atoms. The fourth-order valence-electron chi connectivity index (χ4n) is 2.91. The van der Waals surface area contributed by atoms with Gasteiger partial charge in [0, 0.05) is 25.0 Å². The molecular formula is C15H27ClFN3O2. The number of halogens is 2. The molecule has 2 N–H and O–H groups in total. The Morgan fingerprint density at radius 3 is 2.73 bits per heavy atom. The number of aliphatic hydroxyl groups excluding tert-OH is 1. The van der Waals surface area contributed by atoms with E-state index in [1.54, 1.807) is 0 Å². The third kappa shape index (κ3) is 5.33. The lowest BCUT2D eigenvalue weighted by Crippen LogP contribution is -2.40. The van der Waals surface area contributed by atoms with Crippen LogP contribution in [0.25, 0.3) is 0 Å². The predicted octanol–water partition coefficient (Wildman–Crippen LogP) is 1.74. The number of nitrogens with zero attached hydrogens (tertiary/aromatic N) is 2. The first-order chi connectivity index (χ1) is 10.5. The van der Waals surface area contributed by atoms with Gasteiger partial charge in [-0.1, -0.05) is 23.7 Å². The van der Waals surface area contributed by atoms with Gasteiger partial charge in [-0.25, -0.2) is 4.39 Å². The van der Waals surface area contributed by atoms with Crippen molar-refractivity contribution >= 4 is 16.8 Å². The lowest BCUT2D eigenvalue weighted by Gasteiger charge is -2.32. The topological polar surface area (TPSA) is 57.1 Å². The monoisotopic (exact) mass is 335 g/mol. The highest BCUT2D eigenvalue weighted by Gasteiger charge is 2.32. The number of hydrogen-bond acceptors (Lipinski definition) is 5. The third-order valence-electron chi connectivity index (χ3n) is 4.60. The lowest BCUT2D eigenvalue weighted by atomic mass is 9.82. The van der Waals surface area contributed by atoms with Crippen LogP contribution in [0.1, 0.15) is 32.6 Å². The van der Waals surface area contributed by atoms with Gasteiger partial charge >= 0.3 is 0 Å². The summed E-state index contributed by atoms with van der Waals surface area (Å²) in [4.78, 5) is 7.28. The van der Waals surface area contributed by atoms with Gasteiger partial charge in [-0.15, -0.1) is 0 Å². The Balaban J connectivity index is 1.69. The summed E-state index contributed by atoms with van der Waals surface area (Å²) < 4.78 is 13.0. The Labute approximate surface area is 136 Å². The molecule has 1 atom stereocenters. The van der Waals surface area contributed by atoms with Crippen LogP contribution in [0.3, 0.4) is 0 Å². The van der Waals surface area contributed by atoms with Crippen LogP contribution < -0.4 is 5.32 Å². The first-order valence-corrected chi connectivity index (χ1v) is 8.48. The van der Waals surface area contributed by atoms with Crippen LogP contribution in [-0.2, 0) is 4.84 Å². The van der Waals surface area contributed by atoms with E-state index in [0.29, 0.717) is 37.6 Å². The van der Waals surface area contributed by atoms with Gasteiger partial charge < -0.3 is 20.2 Å². The van der Waals surface area contributed by atoms with Crippen molar-refractivity contribution in [1.29, 1.82) is 0 Å². The maximum absolute atomic E-state index is 13.0. The van der Waals surface area contributed by atoms with Crippen LogP contribution in [0.4, 0.5) is 4.39 Å². The Morgan fingerprint density at radius 1 is 1.45 bits per heavy atom. The molecule has 22 heavy (non-hydrogen) atoms. The Morgan fingerprint density at radius 2 is 2.09 bits per heavy atom. The van der Waals surface area contributed by atoms with E-state index in [4.69, 9.17) is 16.4 Å². The SMILES string of the molecule is CC1(/C(Cl)=N/OCC(O)CN2CCC(F)CC2)CCNCC1. The first-order valence-electron chi connectivity index (χ1n) is 8.11. The molecule has 0 spiro atoms. The number of β-amino-alcohol motifs (C(OH)–C–C–N with tert-alkyl or cyclic N) is 1. The normalized spacial score (nSPS) is 25.9. The molecule has 7 heteroatoms. The molecule has 0 saturated carbocycles. The van der Waals surface area contributed by atoms with E-state index < -0.39 is 12.3 Å². The van der Waals surface area contributed by atoms with Crippen molar-refractivity contribution in [2.45, 2.75) is 44.9 Å². The van der Waals surface area contributed by atoms with E-state index in [9.17, 15) is 9.50 Å². The highest BCUT2D eigenvalue weighted by atomic mass is 35.5. The Hall–Kier alpha value is -0.430. The first kappa shape index (κ1) is 17.9. The summed E-state index contributed by atoms with van der Waals surface area (Å²) in [5.41, 5.74) is -0.138. The van der Waals surface area contributed by atoms with Crippen LogP contribution in [0.5, 0.6) is 0 Å². The minimum absolute atomic E-state index is 0.111. The van der Waals surface area contributed by atoms with Crippen molar-refractivity contribution in [2.24, 2.45) is 10.6 Å². The van der Waals surface area contributed by atoms with Crippen LogP contribution in [-0.4, -0.2) is 66.8 Å². The molecule has 0 amide bonds. The minimum atomic E-state index is -0.696.